The van der Waals surface area contributed by atoms with Crippen LogP contribution in [0.2, 0.25) is 0 Å². The van der Waals surface area contributed by atoms with Crippen molar-refractivity contribution in [1.82, 2.24) is 20.0 Å². The van der Waals surface area contributed by atoms with E-state index in [1.807, 2.05) is 36.1 Å². The van der Waals surface area contributed by atoms with E-state index in [0.717, 1.165) is 63.8 Å². The van der Waals surface area contributed by atoms with Crippen LogP contribution in [0.25, 0.3) is 0 Å². The van der Waals surface area contributed by atoms with Gasteiger partial charge in [-0.15, -0.1) is 0 Å². The highest BCUT2D eigenvalue weighted by molar-refractivity contribution is 5.80. The van der Waals surface area contributed by atoms with E-state index >= 15 is 0 Å². The minimum absolute atomic E-state index is 0.349. The third-order valence-electron chi connectivity index (χ3n) is 4.78. The Morgan fingerprint density at radius 1 is 1.22 bits per heavy atom. The predicted molar refractivity (Wildman–Crippen MR) is 109 cm³/mol. The molecule has 2 aromatic rings. The van der Waals surface area contributed by atoms with Crippen molar-refractivity contribution in [3.63, 3.8) is 0 Å². The standard InChI is InChI=1S/C20H30N6O/c1-3-21-20(22-10-6-7-17-15-23-24(2)16-17)26-13-11-25(12-14-26)18-8-4-5-9-19(18)27/h4-5,8-9,15-16,27H,3,6-7,10-14H2,1-2H3,(H,21,22). The number of rotatable bonds is 6. The number of guanidine groups is 1. The minimum atomic E-state index is 0.349. The first-order chi connectivity index (χ1) is 13.2. The van der Waals surface area contributed by atoms with Crippen molar-refractivity contribution in [2.24, 2.45) is 12.0 Å². The van der Waals surface area contributed by atoms with Crippen LogP contribution in [0.3, 0.4) is 0 Å². The summed E-state index contributed by atoms with van der Waals surface area (Å²) >= 11 is 0. The minimum Gasteiger partial charge on any atom is -0.506 e. The lowest BCUT2D eigenvalue weighted by atomic mass is 10.2. The van der Waals surface area contributed by atoms with Gasteiger partial charge in [0.25, 0.3) is 0 Å². The number of aryl methyl sites for hydroxylation is 2. The summed E-state index contributed by atoms with van der Waals surface area (Å²) in [6, 6.07) is 7.55. The number of hydrogen-bond donors (Lipinski definition) is 2. The molecule has 3 rings (SSSR count). The highest BCUT2D eigenvalue weighted by Crippen LogP contribution is 2.27. The Labute approximate surface area is 161 Å². The van der Waals surface area contributed by atoms with Gasteiger partial charge in [-0.05, 0) is 37.5 Å². The second-order valence-corrected chi connectivity index (χ2v) is 6.82. The maximum atomic E-state index is 10.1. The number of phenolic OH excluding ortho intramolecular Hbond substituents is 1. The third kappa shape index (κ3) is 5.15. The Bertz CT molecular complexity index is 748. The van der Waals surface area contributed by atoms with E-state index in [2.05, 4.69) is 33.3 Å². The van der Waals surface area contributed by atoms with Gasteiger partial charge in [-0.25, -0.2) is 0 Å². The maximum absolute atomic E-state index is 10.1. The van der Waals surface area contributed by atoms with Crippen molar-refractivity contribution in [3.8, 4) is 5.75 Å². The van der Waals surface area contributed by atoms with Crippen molar-refractivity contribution in [2.75, 3.05) is 44.2 Å². The van der Waals surface area contributed by atoms with Crippen LogP contribution < -0.4 is 10.2 Å². The first-order valence-corrected chi connectivity index (χ1v) is 9.71. The summed E-state index contributed by atoms with van der Waals surface area (Å²) in [5, 5.41) is 17.7. The Balaban J connectivity index is 1.52. The van der Waals surface area contributed by atoms with Gasteiger partial charge >= 0.3 is 0 Å². The number of aromatic hydroxyl groups is 1. The largest absolute Gasteiger partial charge is 0.506 e. The van der Waals surface area contributed by atoms with Gasteiger partial charge in [0.15, 0.2) is 5.96 Å². The number of nitrogens with one attached hydrogen (secondary N) is 1. The summed E-state index contributed by atoms with van der Waals surface area (Å²) < 4.78 is 1.84. The van der Waals surface area contributed by atoms with E-state index in [0.29, 0.717) is 5.75 Å². The Kier molecular flexibility index (Phi) is 6.57. The van der Waals surface area contributed by atoms with Gasteiger partial charge in [-0.1, -0.05) is 12.1 Å². The fourth-order valence-corrected chi connectivity index (χ4v) is 3.39. The van der Waals surface area contributed by atoms with Crippen LogP contribution >= 0.6 is 0 Å². The number of nitrogens with zero attached hydrogens (tertiary/aromatic N) is 5. The predicted octanol–water partition coefficient (Wildman–Crippen LogP) is 1.85. The van der Waals surface area contributed by atoms with Gasteiger partial charge < -0.3 is 20.2 Å². The quantitative estimate of drug-likeness (QED) is 0.461. The molecular weight excluding hydrogens is 340 g/mol. The molecular formula is C20H30N6O. The molecule has 1 aliphatic rings. The number of anilines is 1. The van der Waals surface area contributed by atoms with Gasteiger partial charge in [0, 0.05) is 52.5 Å². The molecule has 7 nitrogen and oxygen atoms in total. The summed E-state index contributed by atoms with van der Waals surface area (Å²) in [5.74, 6) is 1.34. The summed E-state index contributed by atoms with van der Waals surface area (Å²) in [6.45, 7) is 7.29. The molecule has 2 N–H and O–H groups in total. The van der Waals surface area contributed by atoms with Gasteiger partial charge in [-0.2, -0.15) is 5.10 Å². The first kappa shape index (κ1) is 19.1. The Morgan fingerprint density at radius 3 is 2.67 bits per heavy atom. The van der Waals surface area contributed by atoms with E-state index in [9.17, 15) is 5.11 Å². The fourth-order valence-electron chi connectivity index (χ4n) is 3.39. The number of aliphatic imine (C=N–C) groups is 1. The monoisotopic (exact) mass is 370 g/mol. The zero-order chi connectivity index (χ0) is 19.1. The number of para-hydroxylation sites is 2. The van der Waals surface area contributed by atoms with Gasteiger partial charge in [-0.3, -0.25) is 9.67 Å². The molecule has 0 amide bonds. The van der Waals surface area contributed by atoms with E-state index in [1.54, 1.807) is 6.07 Å². The summed E-state index contributed by atoms with van der Waals surface area (Å²) in [4.78, 5) is 9.35. The van der Waals surface area contributed by atoms with Crippen LogP contribution in [0.15, 0.2) is 41.7 Å². The van der Waals surface area contributed by atoms with Gasteiger partial charge in [0.2, 0.25) is 0 Å². The second-order valence-electron chi connectivity index (χ2n) is 6.82. The van der Waals surface area contributed by atoms with Crippen LogP contribution in [-0.2, 0) is 13.5 Å². The van der Waals surface area contributed by atoms with Gasteiger partial charge in [0.1, 0.15) is 5.75 Å². The number of hydrogen-bond acceptors (Lipinski definition) is 4. The van der Waals surface area contributed by atoms with Crippen LogP contribution in [0.4, 0.5) is 5.69 Å². The SMILES string of the molecule is CCNC(=NCCCc1cnn(C)c1)N1CCN(c2ccccc2O)CC1. The summed E-state index contributed by atoms with van der Waals surface area (Å²) in [7, 11) is 1.94. The molecule has 1 aliphatic heterocycles. The van der Waals surface area contributed by atoms with Crippen LogP contribution in [0.1, 0.15) is 18.9 Å². The van der Waals surface area contributed by atoms with Crippen LogP contribution in [0, 0.1) is 0 Å². The lowest BCUT2D eigenvalue weighted by Crippen LogP contribution is -2.52. The number of piperazine rings is 1. The zero-order valence-electron chi connectivity index (χ0n) is 16.3. The Morgan fingerprint density at radius 2 is 2.00 bits per heavy atom. The molecule has 0 aliphatic carbocycles. The third-order valence-corrected chi connectivity index (χ3v) is 4.78. The molecule has 1 aromatic heterocycles. The van der Waals surface area contributed by atoms with E-state index in [4.69, 9.17) is 4.99 Å². The highest BCUT2D eigenvalue weighted by Gasteiger charge is 2.21. The summed E-state index contributed by atoms with van der Waals surface area (Å²) in [5.41, 5.74) is 2.17. The van der Waals surface area contributed by atoms with Crippen LogP contribution in [0.5, 0.6) is 5.75 Å². The maximum Gasteiger partial charge on any atom is 0.194 e. The van der Waals surface area contributed by atoms with E-state index in [1.165, 1.54) is 5.56 Å². The highest BCUT2D eigenvalue weighted by atomic mass is 16.3. The lowest BCUT2D eigenvalue weighted by Gasteiger charge is -2.37. The second kappa shape index (κ2) is 9.30. The van der Waals surface area contributed by atoms with E-state index in [-0.39, 0.29) is 0 Å². The van der Waals surface area contributed by atoms with Gasteiger partial charge in [0.05, 0.1) is 11.9 Å². The number of phenols is 1. The van der Waals surface area contributed by atoms with Crippen molar-refractivity contribution < 1.29 is 5.11 Å². The molecule has 1 saturated heterocycles. The summed E-state index contributed by atoms with van der Waals surface area (Å²) in [6.07, 6.45) is 6.00. The van der Waals surface area contributed by atoms with Crippen molar-refractivity contribution in [2.45, 2.75) is 19.8 Å². The first-order valence-electron chi connectivity index (χ1n) is 9.71. The van der Waals surface area contributed by atoms with Crippen molar-refractivity contribution >= 4 is 11.6 Å². The smallest absolute Gasteiger partial charge is 0.194 e. The molecule has 27 heavy (non-hydrogen) atoms. The number of aromatic nitrogens is 2. The van der Waals surface area contributed by atoms with Crippen molar-refractivity contribution in [1.29, 1.82) is 0 Å². The van der Waals surface area contributed by atoms with E-state index < -0.39 is 0 Å². The molecule has 0 atom stereocenters. The molecule has 0 saturated carbocycles. The topological polar surface area (TPSA) is 68.9 Å². The lowest BCUT2D eigenvalue weighted by molar-refractivity contribution is 0.370. The van der Waals surface area contributed by atoms with Crippen molar-refractivity contribution in [3.05, 3.63) is 42.2 Å². The molecule has 7 heteroatoms. The number of benzene rings is 1. The fraction of sp³-hybridized carbons (Fsp3) is 0.500. The normalized spacial score (nSPS) is 15.3. The molecule has 0 unspecified atom stereocenters. The average Bonchev–Trinajstić information content (AvgIpc) is 3.10. The molecule has 0 spiro atoms. The molecule has 1 fully saturated rings. The molecule has 146 valence electrons. The Hall–Kier alpha value is -2.70. The average molecular weight is 371 g/mol. The zero-order valence-corrected chi connectivity index (χ0v) is 16.3. The van der Waals surface area contributed by atoms with Crippen LogP contribution in [-0.4, -0.2) is 65.0 Å². The molecule has 0 radical (unpaired) electrons. The molecule has 2 heterocycles. The molecule has 0 bridgehead atoms. The molecule has 1 aromatic carbocycles.